The van der Waals surface area contributed by atoms with E-state index in [-0.39, 0.29) is 43.2 Å². The molecule has 0 aromatic carbocycles. The molecule has 0 spiro atoms. The highest BCUT2D eigenvalue weighted by atomic mass is 32.3. The second-order valence-corrected chi connectivity index (χ2v) is 7.37. The van der Waals surface area contributed by atoms with Gasteiger partial charge in [0.15, 0.2) is 0 Å². The van der Waals surface area contributed by atoms with E-state index in [1.807, 2.05) is 0 Å². The number of likely N-dealkylation sites (N-methyl/N-ethyl adjacent to an activating group) is 1. The number of hydrogen-bond acceptors (Lipinski definition) is 7. The Hall–Kier alpha value is -0.300. The summed E-state index contributed by atoms with van der Waals surface area (Å²) in [6.07, 6.45) is 0. The highest BCUT2D eigenvalue weighted by Gasteiger charge is 2.23. The molecule has 9 nitrogen and oxygen atoms in total. The molecule has 0 amide bonds. The summed E-state index contributed by atoms with van der Waals surface area (Å²) in [6, 6.07) is 0. The molecule has 0 aliphatic carbocycles. The second-order valence-electron chi connectivity index (χ2n) is 4.23. The molecule has 0 bridgehead atoms. The Morgan fingerprint density at radius 1 is 1.26 bits per heavy atom. The molecule has 116 valence electrons. The van der Waals surface area contributed by atoms with Crippen molar-refractivity contribution in [1.82, 2.24) is 4.72 Å². The van der Waals surface area contributed by atoms with E-state index < -0.39 is 20.4 Å². The fourth-order valence-corrected chi connectivity index (χ4v) is 2.22. The predicted octanol–water partition coefficient (Wildman–Crippen LogP) is -2.20. The zero-order chi connectivity index (χ0) is 15.2. The van der Waals surface area contributed by atoms with Gasteiger partial charge in [0.25, 0.3) is 0 Å². The first-order valence-electron chi connectivity index (χ1n) is 5.55. The fourth-order valence-electron chi connectivity index (χ4n) is 1.23. The molecule has 0 saturated heterocycles. The van der Waals surface area contributed by atoms with Gasteiger partial charge in [-0.05, 0) is 6.92 Å². The van der Waals surface area contributed by atoms with Crippen molar-refractivity contribution in [2.24, 2.45) is 0 Å². The zero-order valence-electron chi connectivity index (χ0n) is 10.9. The summed E-state index contributed by atoms with van der Waals surface area (Å²) in [7, 11) is -6.56. The van der Waals surface area contributed by atoms with E-state index in [0.717, 1.165) is 0 Å². The lowest BCUT2D eigenvalue weighted by molar-refractivity contribution is -0.911. The van der Waals surface area contributed by atoms with Gasteiger partial charge in [0.05, 0.1) is 19.4 Å². The third kappa shape index (κ3) is 9.27. The van der Waals surface area contributed by atoms with Crippen molar-refractivity contribution >= 4 is 20.4 Å². The number of nitrogens with zero attached hydrogens (tertiary/aromatic N) is 1. The monoisotopic (exact) mass is 320 g/mol. The minimum Gasteiger partial charge on any atom is -0.726 e. The highest BCUT2D eigenvalue weighted by Crippen LogP contribution is 2.02. The number of hydrogen-bond donors (Lipinski definition) is 2. The Labute approximate surface area is 113 Å². The number of rotatable bonds is 10. The maximum Gasteiger partial charge on any atom is 0.217 e. The predicted molar refractivity (Wildman–Crippen MR) is 66.1 cm³/mol. The zero-order valence-corrected chi connectivity index (χ0v) is 12.5. The first-order chi connectivity index (χ1) is 8.54. The SMILES string of the molecule is CCS(=O)(=O)NC[N+](C)(CCO)CCOS(=O)(=O)[O-]. The molecule has 0 aromatic rings. The normalized spacial score (nSPS) is 16.2. The maximum absolute atomic E-state index is 11.3. The van der Waals surface area contributed by atoms with Crippen molar-refractivity contribution in [3.63, 3.8) is 0 Å². The summed E-state index contributed by atoms with van der Waals surface area (Å²) in [5.41, 5.74) is 0. The molecule has 0 saturated carbocycles. The van der Waals surface area contributed by atoms with Crippen molar-refractivity contribution in [3.05, 3.63) is 0 Å². The molecular formula is C8H20N2O7S2. The van der Waals surface area contributed by atoms with Crippen molar-refractivity contribution in [2.75, 3.05) is 45.8 Å². The van der Waals surface area contributed by atoms with E-state index in [1.165, 1.54) is 6.92 Å². The van der Waals surface area contributed by atoms with E-state index in [9.17, 15) is 21.4 Å². The summed E-state index contributed by atoms with van der Waals surface area (Å²) in [4.78, 5) is 0. The van der Waals surface area contributed by atoms with Crippen LogP contribution < -0.4 is 4.72 Å². The molecule has 0 aliphatic rings. The Bertz CT molecular complexity index is 461. The largest absolute Gasteiger partial charge is 0.726 e. The van der Waals surface area contributed by atoms with Gasteiger partial charge in [-0.15, -0.1) is 0 Å². The van der Waals surface area contributed by atoms with Gasteiger partial charge in [-0.3, -0.25) is 4.18 Å². The number of sulfonamides is 1. The van der Waals surface area contributed by atoms with E-state index in [4.69, 9.17) is 5.11 Å². The molecule has 0 heterocycles. The molecular weight excluding hydrogens is 300 g/mol. The lowest BCUT2D eigenvalue weighted by Gasteiger charge is -2.33. The number of nitrogens with one attached hydrogen (secondary N) is 1. The molecule has 0 rings (SSSR count). The summed E-state index contributed by atoms with van der Waals surface area (Å²) >= 11 is 0. The third-order valence-corrected chi connectivity index (χ3v) is 4.33. The molecule has 0 radical (unpaired) electrons. The molecule has 2 N–H and O–H groups in total. The van der Waals surface area contributed by atoms with Crippen molar-refractivity contribution in [1.29, 1.82) is 0 Å². The fraction of sp³-hybridized carbons (Fsp3) is 1.00. The van der Waals surface area contributed by atoms with Gasteiger partial charge in [-0.1, -0.05) is 0 Å². The molecule has 1 atom stereocenters. The molecule has 0 aromatic heterocycles. The van der Waals surface area contributed by atoms with E-state index in [0.29, 0.717) is 0 Å². The lowest BCUT2D eigenvalue weighted by atomic mass is 10.4. The lowest BCUT2D eigenvalue weighted by Crippen LogP contribution is -2.54. The topological polar surface area (TPSA) is 133 Å². The molecule has 11 heteroatoms. The smallest absolute Gasteiger partial charge is 0.217 e. The molecule has 1 unspecified atom stereocenters. The van der Waals surface area contributed by atoms with Crippen LogP contribution in [0.1, 0.15) is 6.92 Å². The number of aliphatic hydroxyl groups is 1. The summed E-state index contributed by atoms with van der Waals surface area (Å²) in [5.74, 6) is -0.0857. The third-order valence-electron chi connectivity index (χ3n) is 2.54. The summed E-state index contributed by atoms with van der Waals surface area (Å²) < 4.78 is 59.9. The van der Waals surface area contributed by atoms with Crippen LogP contribution in [0.25, 0.3) is 0 Å². The summed E-state index contributed by atoms with van der Waals surface area (Å²) in [6.45, 7) is 1.11. The van der Waals surface area contributed by atoms with Gasteiger partial charge < -0.3 is 14.1 Å². The van der Waals surface area contributed by atoms with Crippen molar-refractivity contribution < 1.29 is 35.2 Å². The summed E-state index contributed by atoms with van der Waals surface area (Å²) in [5, 5.41) is 8.93. The Kier molecular flexibility index (Phi) is 7.36. The average Bonchev–Trinajstić information content (AvgIpc) is 2.25. The van der Waals surface area contributed by atoms with Crippen LogP contribution in [0, 0.1) is 0 Å². The van der Waals surface area contributed by atoms with Gasteiger partial charge in [-0.2, -0.15) is 4.72 Å². The first-order valence-corrected chi connectivity index (χ1v) is 8.54. The van der Waals surface area contributed by atoms with Crippen LogP contribution in [0.3, 0.4) is 0 Å². The maximum atomic E-state index is 11.3. The molecule has 0 fully saturated rings. The van der Waals surface area contributed by atoms with Crippen molar-refractivity contribution in [3.8, 4) is 0 Å². The molecule has 0 aliphatic heterocycles. The van der Waals surface area contributed by atoms with Crippen LogP contribution in [0.2, 0.25) is 0 Å². The van der Waals surface area contributed by atoms with Crippen LogP contribution in [-0.2, 0) is 24.6 Å². The van der Waals surface area contributed by atoms with Crippen molar-refractivity contribution in [2.45, 2.75) is 6.92 Å². The van der Waals surface area contributed by atoms with Gasteiger partial charge in [0, 0.05) is 0 Å². The van der Waals surface area contributed by atoms with Crippen LogP contribution in [0.5, 0.6) is 0 Å². The van der Waals surface area contributed by atoms with Crippen LogP contribution in [0.4, 0.5) is 0 Å². The van der Waals surface area contributed by atoms with Gasteiger partial charge in [-0.25, -0.2) is 16.8 Å². The minimum absolute atomic E-state index is 0.00521. The van der Waals surface area contributed by atoms with Gasteiger partial charge in [0.2, 0.25) is 20.4 Å². The van der Waals surface area contributed by atoms with E-state index >= 15 is 0 Å². The minimum atomic E-state index is -4.77. The Morgan fingerprint density at radius 3 is 2.26 bits per heavy atom. The van der Waals surface area contributed by atoms with E-state index in [1.54, 1.807) is 7.05 Å². The van der Waals surface area contributed by atoms with E-state index in [2.05, 4.69) is 8.91 Å². The Morgan fingerprint density at radius 2 is 1.84 bits per heavy atom. The van der Waals surface area contributed by atoms with Gasteiger partial charge >= 0.3 is 0 Å². The van der Waals surface area contributed by atoms with Crippen LogP contribution in [0.15, 0.2) is 0 Å². The quantitative estimate of drug-likeness (QED) is 0.202. The molecule has 19 heavy (non-hydrogen) atoms. The first kappa shape index (κ1) is 18.7. The Balaban J connectivity index is 4.49. The number of aliphatic hydroxyl groups excluding tert-OH is 1. The van der Waals surface area contributed by atoms with Gasteiger partial charge in [0.1, 0.15) is 26.4 Å². The van der Waals surface area contributed by atoms with Crippen LogP contribution in [-0.4, -0.2) is 76.8 Å². The highest BCUT2D eigenvalue weighted by molar-refractivity contribution is 7.89. The average molecular weight is 320 g/mol. The van der Waals surface area contributed by atoms with Crippen LogP contribution >= 0.6 is 0 Å². The second kappa shape index (κ2) is 7.47. The standard InChI is InChI=1S/C8H20N2O7S2/c1-3-18(12,13)9-8-10(2,4-6-11)5-7-17-19(14,15)16/h9,11H,3-8H2,1-2H3. The number of quaternary nitrogens is 1.